The average molecular weight is 703 g/mol. The summed E-state index contributed by atoms with van der Waals surface area (Å²) in [5.41, 5.74) is 13.1. The van der Waals surface area contributed by atoms with Gasteiger partial charge in [0.1, 0.15) is 11.2 Å². The summed E-state index contributed by atoms with van der Waals surface area (Å²) >= 11 is 0. The van der Waals surface area contributed by atoms with Crippen LogP contribution in [0.2, 0.25) is 0 Å². The maximum Gasteiger partial charge on any atom is 0.145 e. The van der Waals surface area contributed by atoms with Gasteiger partial charge in [-0.3, -0.25) is 0 Å². The summed E-state index contributed by atoms with van der Waals surface area (Å²) in [5.74, 6) is 6.58. The van der Waals surface area contributed by atoms with Crippen molar-refractivity contribution in [2.24, 2.45) is 0 Å². The normalized spacial score (nSPS) is 12.7. The molecule has 0 radical (unpaired) electrons. The van der Waals surface area contributed by atoms with Crippen LogP contribution in [0.3, 0.4) is 0 Å². The molecule has 1 aliphatic carbocycles. The fourth-order valence-electron chi connectivity index (χ4n) is 8.43. The van der Waals surface area contributed by atoms with Gasteiger partial charge in [0.25, 0.3) is 0 Å². The Labute approximate surface area is 319 Å². The SMILES string of the molecule is C1#CC(c2ccc(N(c3ccccc3)c3ccc(-c4cc5c6ccccc6oc5c5c6ccccc6n(-c6ccc7ccccc7c6)c45)cc3)cc2)=CCC1. The Balaban J connectivity index is 1.13. The highest BCUT2D eigenvalue weighted by atomic mass is 16.3. The Morgan fingerprint density at radius 3 is 2.00 bits per heavy atom. The fraction of sp³-hybridized carbons (Fsp3) is 0.0385. The van der Waals surface area contributed by atoms with Crippen LogP contribution in [-0.2, 0) is 0 Å². The largest absolute Gasteiger partial charge is 0.455 e. The van der Waals surface area contributed by atoms with Gasteiger partial charge in [-0.15, -0.1) is 0 Å². The number of nitrogens with zero attached hydrogens (tertiary/aromatic N) is 2. The molecule has 0 N–H and O–H groups in total. The lowest BCUT2D eigenvalue weighted by atomic mass is 9.97. The van der Waals surface area contributed by atoms with E-state index < -0.39 is 0 Å². The zero-order valence-corrected chi connectivity index (χ0v) is 30.0. The van der Waals surface area contributed by atoms with E-state index in [-0.39, 0.29) is 0 Å². The predicted octanol–water partition coefficient (Wildman–Crippen LogP) is 14.2. The summed E-state index contributed by atoms with van der Waals surface area (Å²) in [6.45, 7) is 0. The van der Waals surface area contributed by atoms with Crippen molar-refractivity contribution in [3.8, 4) is 28.7 Å². The number of aromatic nitrogens is 1. The van der Waals surface area contributed by atoms with Crippen LogP contribution in [-0.4, -0.2) is 4.57 Å². The first-order chi connectivity index (χ1) is 27.3. The first-order valence-electron chi connectivity index (χ1n) is 18.9. The van der Waals surface area contributed by atoms with E-state index in [1.165, 1.54) is 16.2 Å². The zero-order chi connectivity index (χ0) is 36.3. The number of rotatable bonds is 6. The first-order valence-corrected chi connectivity index (χ1v) is 18.9. The second kappa shape index (κ2) is 12.7. The van der Waals surface area contributed by atoms with Crippen molar-refractivity contribution >= 4 is 77.2 Å². The number of para-hydroxylation sites is 3. The molecule has 2 aromatic heterocycles. The molecule has 0 atom stereocenters. The van der Waals surface area contributed by atoms with Crippen LogP contribution in [0, 0.1) is 11.8 Å². The summed E-state index contributed by atoms with van der Waals surface area (Å²) < 4.78 is 9.18. The van der Waals surface area contributed by atoms with Crippen LogP contribution in [0.4, 0.5) is 17.1 Å². The summed E-state index contributed by atoms with van der Waals surface area (Å²) in [4.78, 5) is 2.32. The van der Waals surface area contributed by atoms with E-state index in [2.05, 4.69) is 197 Å². The molecule has 0 saturated carbocycles. The highest BCUT2D eigenvalue weighted by Gasteiger charge is 2.23. The van der Waals surface area contributed by atoms with Crippen molar-refractivity contribution in [2.75, 3.05) is 4.90 Å². The molecule has 55 heavy (non-hydrogen) atoms. The third-order valence-corrected chi connectivity index (χ3v) is 11.0. The van der Waals surface area contributed by atoms with Gasteiger partial charge in [0.15, 0.2) is 0 Å². The smallest absolute Gasteiger partial charge is 0.145 e. The fourth-order valence-corrected chi connectivity index (χ4v) is 8.43. The number of furan rings is 1. The van der Waals surface area contributed by atoms with Crippen LogP contribution >= 0.6 is 0 Å². The van der Waals surface area contributed by atoms with E-state index in [4.69, 9.17) is 4.42 Å². The van der Waals surface area contributed by atoms with Gasteiger partial charge in [0, 0.05) is 56.5 Å². The minimum atomic E-state index is 0.894. The van der Waals surface area contributed by atoms with Crippen molar-refractivity contribution in [3.05, 3.63) is 188 Å². The van der Waals surface area contributed by atoms with Crippen molar-refractivity contribution in [2.45, 2.75) is 12.8 Å². The van der Waals surface area contributed by atoms with Gasteiger partial charge in [-0.25, -0.2) is 0 Å². The van der Waals surface area contributed by atoms with Gasteiger partial charge in [0.05, 0.1) is 16.4 Å². The van der Waals surface area contributed by atoms with Gasteiger partial charge in [-0.1, -0.05) is 127 Å². The maximum absolute atomic E-state index is 6.75. The van der Waals surface area contributed by atoms with Gasteiger partial charge in [0.2, 0.25) is 0 Å². The van der Waals surface area contributed by atoms with Gasteiger partial charge in [-0.2, -0.15) is 0 Å². The molecule has 0 unspecified atom stereocenters. The van der Waals surface area contributed by atoms with Crippen LogP contribution in [0.25, 0.3) is 76.9 Å². The van der Waals surface area contributed by atoms with Crippen LogP contribution < -0.4 is 4.90 Å². The monoisotopic (exact) mass is 702 g/mol. The Hall–Kier alpha value is -7.28. The highest BCUT2D eigenvalue weighted by Crippen LogP contribution is 2.46. The molecule has 258 valence electrons. The molecule has 2 heterocycles. The Morgan fingerprint density at radius 2 is 1.22 bits per heavy atom. The lowest BCUT2D eigenvalue weighted by molar-refractivity contribution is 0.673. The van der Waals surface area contributed by atoms with Crippen molar-refractivity contribution < 1.29 is 4.42 Å². The van der Waals surface area contributed by atoms with E-state index in [0.29, 0.717) is 0 Å². The topological polar surface area (TPSA) is 21.3 Å². The number of hydrogen-bond donors (Lipinski definition) is 0. The van der Waals surface area contributed by atoms with Crippen molar-refractivity contribution in [3.63, 3.8) is 0 Å². The second-order valence-corrected chi connectivity index (χ2v) is 14.2. The van der Waals surface area contributed by atoms with Crippen LogP contribution in [0.5, 0.6) is 0 Å². The quantitative estimate of drug-likeness (QED) is 0.161. The molecule has 11 rings (SSSR count). The standard InChI is InChI=1S/C52H34N2O/c1-3-13-35(14-4-1)37-23-28-41(29-24-37)53(40-17-5-2-6-18-40)42-30-26-38(27-31-42)46-34-47-44-19-10-12-22-49(44)55-52(47)50-45-20-9-11-21-48(45)54(51(46)50)43-32-25-36-15-7-8-16-39(36)33-43/h2,5-13,15-34H,1,3H2. The minimum Gasteiger partial charge on any atom is -0.455 e. The molecule has 3 nitrogen and oxygen atoms in total. The molecule has 0 amide bonds. The second-order valence-electron chi connectivity index (χ2n) is 14.2. The Morgan fingerprint density at radius 1 is 0.545 bits per heavy atom. The summed E-state index contributed by atoms with van der Waals surface area (Å²) in [7, 11) is 0. The van der Waals surface area contributed by atoms with E-state index in [9.17, 15) is 0 Å². The highest BCUT2D eigenvalue weighted by molar-refractivity contribution is 6.27. The molecule has 0 spiro atoms. The summed E-state index contributed by atoms with van der Waals surface area (Å²) in [6, 6.07) is 63.2. The van der Waals surface area contributed by atoms with Crippen molar-refractivity contribution in [1.29, 1.82) is 0 Å². The molecule has 0 aliphatic heterocycles. The van der Waals surface area contributed by atoms with Crippen molar-refractivity contribution in [1.82, 2.24) is 4.57 Å². The lowest BCUT2D eigenvalue weighted by Gasteiger charge is -2.26. The first kappa shape index (κ1) is 31.3. The third kappa shape index (κ3) is 5.15. The van der Waals surface area contributed by atoms with E-state index in [1.807, 2.05) is 6.07 Å². The zero-order valence-electron chi connectivity index (χ0n) is 30.0. The summed E-state index contributed by atoms with van der Waals surface area (Å²) in [6.07, 6.45) is 4.19. The van der Waals surface area contributed by atoms with E-state index in [0.717, 1.165) is 96.2 Å². The molecule has 0 fully saturated rings. The molecule has 1 aliphatic rings. The van der Waals surface area contributed by atoms with Crippen LogP contribution in [0.1, 0.15) is 18.4 Å². The number of anilines is 3. The molecular weight excluding hydrogens is 669 g/mol. The summed E-state index contributed by atoms with van der Waals surface area (Å²) in [5, 5.41) is 6.96. The number of benzene rings is 8. The number of allylic oxidation sites excluding steroid dienone is 2. The average Bonchev–Trinajstić information content (AvgIpc) is 3.81. The molecule has 10 aromatic rings. The molecular formula is C52H34N2O. The Bertz CT molecular complexity index is 3190. The van der Waals surface area contributed by atoms with E-state index in [1.54, 1.807) is 0 Å². The number of hydrogen-bond acceptors (Lipinski definition) is 2. The van der Waals surface area contributed by atoms with Crippen LogP contribution in [0.15, 0.2) is 186 Å². The molecule has 0 bridgehead atoms. The van der Waals surface area contributed by atoms with Gasteiger partial charge < -0.3 is 13.9 Å². The third-order valence-electron chi connectivity index (χ3n) is 11.0. The lowest BCUT2D eigenvalue weighted by Crippen LogP contribution is -2.09. The van der Waals surface area contributed by atoms with E-state index >= 15 is 0 Å². The Kier molecular flexibility index (Phi) is 7.21. The molecule has 0 saturated heterocycles. The molecule has 3 heteroatoms. The predicted molar refractivity (Wildman–Crippen MR) is 231 cm³/mol. The minimum absolute atomic E-state index is 0.894. The number of fused-ring (bicyclic) bond motifs is 8. The maximum atomic E-state index is 6.75. The van der Waals surface area contributed by atoms with Gasteiger partial charge in [-0.05, 0) is 95.1 Å². The molecule has 8 aromatic carbocycles. The van der Waals surface area contributed by atoms with Gasteiger partial charge >= 0.3 is 0 Å².